The van der Waals surface area contributed by atoms with E-state index in [-0.39, 0.29) is 11.8 Å². The second-order valence-electron chi connectivity index (χ2n) is 4.84. The molecule has 6 heteroatoms. The number of carbonyl (C=O) groups excluding carboxylic acids is 1. The summed E-state index contributed by atoms with van der Waals surface area (Å²) in [5.74, 6) is 0.0567. The van der Waals surface area contributed by atoms with Crippen LogP contribution in [0.15, 0.2) is 29.8 Å². The molecule has 0 bridgehead atoms. The van der Waals surface area contributed by atoms with Gasteiger partial charge in [-0.05, 0) is 19.2 Å². The normalized spacial score (nSPS) is 12.1. The molecule has 0 aliphatic heterocycles. The van der Waals surface area contributed by atoms with Gasteiger partial charge in [-0.25, -0.2) is 4.98 Å². The first-order valence-corrected chi connectivity index (χ1v) is 7.86. The number of aromatic nitrogens is 2. The predicted octanol–water partition coefficient (Wildman–Crippen LogP) is 1.72. The van der Waals surface area contributed by atoms with Crippen LogP contribution in [0.2, 0.25) is 0 Å². The highest BCUT2D eigenvalue weighted by Gasteiger charge is 2.11. The van der Waals surface area contributed by atoms with Gasteiger partial charge in [0.2, 0.25) is 5.91 Å². The molecular formula is C15H20N4OS. The summed E-state index contributed by atoms with van der Waals surface area (Å²) < 4.78 is 0. The standard InChI is InChI=1S/C15H20N4OS/c1-11(9-16-2)15(20)18-8-6-14-19-13(10-21-14)12-5-3-4-7-17-12/h3-5,7,10-11,16H,6,8-9H2,1-2H3,(H,18,20). The van der Waals surface area contributed by atoms with E-state index in [0.29, 0.717) is 13.1 Å². The maximum atomic E-state index is 11.8. The Kier molecular flexibility index (Phi) is 5.83. The smallest absolute Gasteiger partial charge is 0.224 e. The quantitative estimate of drug-likeness (QED) is 0.817. The van der Waals surface area contributed by atoms with Gasteiger partial charge in [0.15, 0.2) is 0 Å². The minimum absolute atomic E-state index is 0.0182. The van der Waals surface area contributed by atoms with Crippen molar-refractivity contribution in [1.29, 1.82) is 0 Å². The Labute approximate surface area is 128 Å². The van der Waals surface area contributed by atoms with Crippen molar-refractivity contribution in [3.8, 4) is 11.4 Å². The second kappa shape index (κ2) is 7.85. The van der Waals surface area contributed by atoms with Gasteiger partial charge in [0.1, 0.15) is 0 Å². The van der Waals surface area contributed by atoms with Crippen molar-refractivity contribution in [2.24, 2.45) is 5.92 Å². The molecule has 0 fully saturated rings. The third-order valence-corrected chi connectivity index (χ3v) is 3.98. The molecule has 2 rings (SSSR count). The molecule has 21 heavy (non-hydrogen) atoms. The highest BCUT2D eigenvalue weighted by Crippen LogP contribution is 2.19. The van der Waals surface area contributed by atoms with Gasteiger partial charge in [-0.3, -0.25) is 9.78 Å². The number of nitrogens with one attached hydrogen (secondary N) is 2. The van der Waals surface area contributed by atoms with E-state index in [1.807, 2.05) is 37.6 Å². The van der Waals surface area contributed by atoms with E-state index >= 15 is 0 Å². The number of carbonyl (C=O) groups is 1. The Morgan fingerprint density at radius 2 is 2.24 bits per heavy atom. The average Bonchev–Trinajstić information content (AvgIpc) is 2.97. The van der Waals surface area contributed by atoms with Gasteiger partial charge in [-0.1, -0.05) is 13.0 Å². The van der Waals surface area contributed by atoms with Crippen molar-refractivity contribution in [3.05, 3.63) is 34.8 Å². The summed E-state index contributed by atoms with van der Waals surface area (Å²) in [7, 11) is 1.85. The summed E-state index contributed by atoms with van der Waals surface area (Å²) in [6.07, 6.45) is 2.51. The Morgan fingerprint density at radius 1 is 1.38 bits per heavy atom. The molecule has 1 amide bonds. The highest BCUT2D eigenvalue weighted by atomic mass is 32.1. The summed E-state index contributed by atoms with van der Waals surface area (Å²) in [5.41, 5.74) is 1.78. The average molecular weight is 304 g/mol. The minimum Gasteiger partial charge on any atom is -0.355 e. The van der Waals surface area contributed by atoms with Crippen LogP contribution in [0.5, 0.6) is 0 Å². The monoisotopic (exact) mass is 304 g/mol. The van der Waals surface area contributed by atoms with Crippen molar-refractivity contribution in [3.63, 3.8) is 0 Å². The van der Waals surface area contributed by atoms with Crippen LogP contribution in [-0.4, -0.2) is 36.0 Å². The molecule has 0 aliphatic carbocycles. The first-order chi connectivity index (χ1) is 10.2. The van der Waals surface area contributed by atoms with Crippen LogP contribution in [0, 0.1) is 5.92 Å². The fourth-order valence-electron chi connectivity index (χ4n) is 1.92. The minimum atomic E-state index is -0.0182. The number of rotatable bonds is 7. The third-order valence-electron chi connectivity index (χ3n) is 3.08. The van der Waals surface area contributed by atoms with Gasteiger partial charge in [0.25, 0.3) is 0 Å². The summed E-state index contributed by atoms with van der Waals surface area (Å²) in [5, 5.41) is 8.95. The topological polar surface area (TPSA) is 66.9 Å². The number of hydrogen-bond donors (Lipinski definition) is 2. The van der Waals surface area contributed by atoms with Crippen LogP contribution < -0.4 is 10.6 Å². The molecule has 0 saturated carbocycles. The Bertz CT molecular complexity index is 570. The summed E-state index contributed by atoms with van der Waals surface area (Å²) in [6, 6.07) is 5.78. The Morgan fingerprint density at radius 3 is 2.95 bits per heavy atom. The summed E-state index contributed by atoms with van der Waals surface area (Å²) >= 11 is 1.60. The van der Waals surface area contributed by atoms with Crippen molar-refractivity contribution in [1.82, 2.24) is 20.6 Å². The SMILES string of the molecule is CNCC(C)C(=O)NCCc1nc(-c2ccccn2)cs1. The maximum absolute atomic E-state index is 11.8. The summed E-state index contributed by atoms with van der Waals surface area (Å²) in [4.78, 5) is 20.6. The molecule has 0 aromatic carbocycles. The van der Waals surface area contributed by atoms with Gasteiger partial charge >= 0.3 is 0 Å². The molecule has 0 spiro atoms. The van der Waals surface area contributed by atoms with Crippen LogP contribution in [0.1, 0.15) is 11.9 Å². The van der Waals surface area contributed by atoms with Crippen LogP contribution in [-0.2, 0) is 11.2 Å². The van der Waals surface area contributed by atoms with E-state index in [9.17, 15) is 4.79 Å². The number of pyridine rings is 1. The fourth-order valence-corrected chi connectivity index (χ4v) is 2.72. The van der Waals surface area contributed by atoms with E-state index < -0.39 is 0 Å². The van der Waals surface area contributed by atoms with Crippen molar-refractivity contribution in [2.45, 2.75) is 13.3 Å². The largest absolute Gasteiger partial charge is 0.355 e. The molecule has 1 unspecified atom stereocenters. The number of nitrogens with zero attached hydrogens (tertiary/aromatic N) is 2. The zero-order valence-electron chi connectivity index (χ0n) is 12.3. The van der Waals surface area contributed by atoms with Gasteiger partial charge in [-0.15, -0.1) is 11.3 Å². The lowest BCUT2D eigenvalue weighted by Crippen LogP contribution is -2.35. The molecule has 112 valence electrons. The number of thiazole rings is 1. The molecular weight excluding hydrogens is 284 g/mol. The van der Waals surface area contributed by atoms with Crippen LogP contribution in [0.4, 0.5) is 0 Å². The lowest BCUT2D eigenvalue weighted by molar-refractivity contribution is -0.124. The zero-order chi connectivity index (χ0) is 15.1. The van der Waals surface area contributed by atoms with Gasteiger partial charge in [0, 0.05) is 37.0 Å². The van der Waals surface area contributed by atoms with E-state index in [4.69, 9.17) is 0 Å². The van der Waals surface area contributed by atoms with E-state index in [0.717, 1.165) is 22.8 Å². The molecule has 2 aromatic heterocycles. The third kappa shape index (κ3) is 4.61. The van der Waals surface area contributed by atoms with Gasteiger partial charge in [0.05, 0.1) is 16.4 Å². The molecule has 2 heterocycles. The predicted molar refractivity (Wildman–Crippen MR) is 85.1 cm³/mol. The molecule has 1 atom stereocenters. The van der Waals surface area contributed by atoms with Gasteiger partial charge < -0.3 is 10.6 Å². The van der Waals surface area contributed by atoms with Crippen LogP contribution in [0.25, 0.3) is 11.4 Å². The van der Waals surface area contributed by atoms with Gasteiger partial charge in [-0.2, -0.15) is 0 Å². The number of hydrogen-bond acceptors (Lipinski definition) is 5. The van der Waals surface area contributed by atoms with E-state index in [1.54, 1.807) is 17.5 Å². The molecule has 0 aliphatic rings. The highest BCUT2D eigenvalue weighted by molar-refractivity contribution is 7.09. The van der Waals surface area contributed by atoms with E-state index in [1.165, 1.54) is 0 Å². The Balaban J connectivity index is 1.82. The van der Waals surface area contributed by atoms with E-state index in [2.05, 4.69) is 20.6 Å². The number of amides is 1. The Hall–Kier alpha value is -1.79. The van der Waals surface area contributed by atoms with Crippen molar-refractivity contribution < 1.29 is 4.79 Å². The first kappa shape index (κ1) is 15.6. The molecule has 2 N–H and O–H groups in total. The molecule has 2 aromatic rings. The van der Waals surface area contributed by atoms with Crippen molar-refractivity contribution in [2.75, 3.05) is 20.1 Å². The van der Waals surface area contributed by atoms with Crippen LogP contribution >= 0.6 is 11.3 Å². The summed E-state index contributed by atoms with van der Waals surface area (Å²) in [6.45, 7) is 3.21. The van der Waals surface area contributed by atoms with Crippen LogP contribution in [0.3, 0.4) is 0 Å². The lowest BCUT2D eigenvalue weighted by Gasteiger charge is -2.10. The zero-order valence-corrected chi connectivity index (χ0v) is 13.1. The molecule has 0 saturated heterocycles. The maximum Gasteiger partial charge on any atom is 0.224 e. The van der Waals surface area contributed by atoms with Crippen molar-refractivity contribution >= 4 is 17.2 Å². The molecule has 0 radical (unpaired) electrons. The molecule has 5 nitrogen and oxygen atoms in total. The second-order valence-corrected chi connectivity index (χ2v) is 5.78. The lowest BCUT2D eigenvalue weighted by atomic mass is 10.1. The fraction of sp³-hybridized carbons (Fsp3) is 0.400. The first-order valence-electron chi connectivity index (χ1n) is 6.99.